The molecule has 1 N–H and O–H groups in total. The second-order valence-electron chi connectivity index (χ2n) is 9.89. The number of hydrogen-bond donors (Lipinski definition) is 1. The zero-order valence-corrected chi connectivity index (χ0v) is 19.6. The molecule has 0 saturated heterocycles. The van der Waals surface area contributed by atoms with Gasteiger partial charge in [-0.05, 0) is 45.8 Å². The van der Waals surface area contributed by atoms with Crippen LogP contribution in [0.25, 0.3) is 0 Å². The van der Waals surface area contributed by atoms with Gasteiger partial charge in [0, 0.05) is 19.1 Å². The third kappa shape index (κ3) is 9.06. The predicted octanol–water partition coefficient (Wildman–Crippen LogP) is 4.63. The van der Waals surface area contributed by atoms with Crippen molar-refractivity contribution in [2.45, 2.75) is 104 Å². The lowest BCUT2D eigenvalue weighted by Gasteiger charge is -2.42. The lowest BCUT2D eigenvalue weighted by atomic mass is 10.1. The minimum absolute atomic E-state index is 0.0826. The van der Waals surface area contributed by atoms with Gasteiger partial charge < -0.3 is 19.4 Å². The maximum atomic E-state index is 12.3. The quantitative estimate of drug-likeness (QED) is 0.660. The lowest BCUT2D eigenvalue weighted by Crippen LogP contribution is -2.54. The van der Waals surface area contributed by atoms with Gasteiger partial charge in [0.25, 0.3) is 0 Å². The molecule has 0 radical (unpaired) electrons. The molecule has 6 heteroatoms. The molecule has 1 amide bonds. The van der Waals surface area contributed by atoms with Crippen LogP contribution in [0.4, 0.5) is 4.79 Å². The number of ether oxygens (including phenoxy) is 1. The summed E-state index contributed by atoms with van der Waals surface area (Å²) in [5.74, 6) is 0. The first-order chi connectivity index (χ1) is 11.0. The molecule has 0 heterocycles. The molecule has 0 bridgehead atoms. The van der Waals surface area contributed by atoms with Crippen molar-refractivity contribution in [3.63, 3.8) is 0 Å². The number of nitrogens with zero attached hydrogens (tertiary/aromatic N) is 1. The molecule has 150 valence electrons. The third-order valence-electron chi connectivity index (χ3n) is 4.57. The van der Waals surface area contributed by atoms with E-state index in [4.69, 9.17) is 9.16 Å². The first-order valence-corrected chi connectivity index (χ1v) is 12.2. The van der Waals surface area contributed by atoms with Crippen molar-refractivity contribution in [1.82, 2.24) is 10.2 Å². The number of likely N-dealkylation sites (N-methyl/N-ethyl adjacent to an activating group) is 1. The van der Waals surface area contributed by atoms with E-state index in [1.807, 2.05) is 20.8 Å². The van der Waals surface area contributed by atoms with Crippen LogP contribution in [0, 0.1) is 0 Å². The molecule has 25 heavy (non-hydrogen) atoms. The molecule has 0 aliphatic carbocycles. The highest BCUT2D eigenvalue weighted by atomic mass is 28.4. The Morgan fingerprint density at radius 1 is 1.08 bits per heavy atom. The summed E-state index contributed by atoms with van der Waals surface area (Å²) in [6.07, 6.45) is -0.395. The van der Waals surface area contributed by atoms with Gasteiger partial charge in [0.2, 0.25) is 0 Å². The first-order valence-electron chi connectivity index (χ1n) is 9.34. The third-order valence-corrected chi connectivity index (χ3v) is 9.07. The molecule has 0 aromatic carbocycles. The van der Waals surface area contributed by atoms with Crippen molar-refractivity contribution < 1.29 is 14.0 Å². The number of carbonyl (C=O) groups excluding carboxylic acids is 1. The van der Waals surface area contributed by atoms with Gasteiger partial charge in [0.15, 0.2) is 8.32 Å². The van der Waals surface area contributed by atoms with E-state index in [1.54, 1.807) is 11.9 Å². The van der Waals surface area contributed by atoms with E-state index in [2.05, 4.69) is 60.0 Å². The molecule has 0 aliphatic heterocycles. The molecule has 0 spiro atoms. The first kappa shape index (κ1) is 24.4. The number of carbonyl (C=O) groups is 1. The Morgan fingerprint density at radius 3 is 1.92 bits per heavy atom. The van der Waals surface area contributed by atoms with E-state index < -0.39 is 13.9 Å². The highest BCUT2D eigenvalue weighted by Crippen LogP contribution is 2.37. The largest absolute Gasteiger partial charge is 0.444 e. The van der Waals surface area contributed by atoms with Crippen LogP contribution in [0.15, 0.2) is 0 Å². The SMILES string of the molecule is CC(C)N[C@H](C)[C@@H](CN(C)C(=O)OC(C)(C)C)O[Si](C)(C)C(C)(C)C. The molecule has 2 atom stereocenters. The van der Waals surface area contributed by atoms with Gasteiger partial charge >= 0.3 is 6.09 Å². The summed E-state index contributed by atoms with van der Waals surface area (Å²) >= 11 is 0. The van der Waals surface area contributed by atoms with Crippen molar-refractivity contribution >= 4 is 14.4 Å². The second-order valence-corrected chi connectivity index (χ2v) is 14.6. The Hall–Kier alpha value is -0.593. The standard InChI is InChI=1S/C19H42N2O3Si/c1-14(2)20-15(3)16(24-25(11,12)19(7,8)9)13-21(10)17(22)23-18(4,5)6/h14-16,20H,13H2,1-12H3/t15-,16-/m1/s1. The maximum Gasteiger partial charge on any atom is 0.410 e. The highest BCUT2D eigenvalue weighted by Gasteiger charge is 2.40. The van der Waals surface area contributed by atoms with Crippen molar-refractivity contribution in [3.05, 3.63) is 0 Å². The molecule has 0 fully saturated rings. The average Bonchev–Trinajstić information content (AvgIpc) is 2.33. The number of nitrogens with one attached hydrogen (secondary N) is 1. The van der Waals surface area contributed by atoms with E-state index in [-0.39, 0.29) is 23.3 Å². The van der Waals surface area contributed by atoms with Crippen LogP contribution in [0.3, 0.4) is 0 Å². The van der Waals surface area contributed by atoms with Crippen molar-refractivity contribution in [2.75, 3.05) is 13.6 Å². The fourth-order valence-corrected chi connectivity index (χ4v) is 3.56. The number of hydrogen-bond acceptors (Lipinski definition) is 4. The maximum absolute atomic E-state index is 12.3. The molecule has 0 aromatic rings. The number of rotatable bonds is 7. The van der Waals surface area contributed by atoms with Crippen molar-refractivity contribution in [1.29, 1.82) is 0 Å². The van der Waals surface area contributed by atoms with E-state index in [9.17, 15) is 4.79 Å². The summed E-state index contributed by atoms with van der Waals surface area (Å²) in [6, 6.07) is 0.492. The fraction of sp³-hybridized carbons (Fsp3) is 0.947. The summed E-state index contributed by atoms with van der Waals surface area (Å²) in [5.41, 5.74) is -0.497. The monoisotopic (exact) mass is 374 g/mol. The lowest BCUT2D eigenvalue weighted by molar-refractivity contribution is 0.0186. The molecule has 0 aromatic heterocycles. The van der Waals surface area contributed by atoms with Crippen LogP contribution in [-0.4, -0.2) is 56.7 Å². The van der Waals surface area contributed by atoms with Crippen LogP contribution in [0.5, 0.6) is 0 Å². The van der Waals surface area contributed by atoms with Gasteiger partial charge in [-0.3, -0.25) is 0 Å². The van der Waals surface area contributed by atoms with Gasteiger partial charge in [-0.2, -0.15) is 0 Å². The fourth-order valence-electron chi connectivity index (χ4n) is 2.17. The van der Waals surface area contributed by atoms with Crippen molar-refractivity contribution in [2.24, 2.45) is 0 Å². The second kappa shape index (κ2) is 8.87. The highest BCUT2D eigenvalue weighted by molar-refractivity contribution is 6.74. The van der Waals surface area contributed by atoms with Crippen LogP contribution >= 0.6 is 0 Å². The Labute approximate surface area is 157 Å². The van der Waals surface area contributed by atoms with Gasteiger partial charge in [-0.25, -0.2) is 4.79 Å². The minimum Gasteiger partial charge on any atom is -0.444 e. The average molecular weight is 375 g/mol. The Morgan fingerprint density at radius 2 is 1.56 bits per heavy atom. The van der Waals surface area contributed by atoms with Crippen LogP contribution < -0.4 is 5.32 Å². The van der Waals surface area contributed by atoms with Gasteiger partial charge in [-0.15, -0.1) is 0 Å². The van der Waals surface area contributed by atoms with E-state index >= 15 is 0 Å². The Kier molecular flexibility index (Phi) is 8.66. The van der Waals surface area contributed by atoms with E-state index in [1.165, 1.54) is 0 Å². The predicted molar refractivity (Wildman–Crippen MR) is 109 cm³/mol. The summed E-state index contributed by atoms with van der Waals surface area (Å²) in [4.78, 5) is 14.0. The van der Waals surface area contributed by atoms with Gasteiger partial charge in [0.05, 0.1) is 12.6 Å². The van der Waals surface area contributed by atoms with E-state index in [0.717, 1.165) is 0 Å². The summed E-state index contributed by atoms with van der Waals surface area (Å²) in [5, 5.41) is 3.65. The number of amides is 1. The Bertz CT molecular complexity index is 425. The molecule has 0 unspecified atom stereocenters. The molecular weight excluding hydrogens is 332 g/mol. The van der Waals surface area contributed by atoms with Gasteiger partial charge in [-0.1, -0.05) is 34.6 Å². The van der Waals surface area contributed by atoms with Crippen LogP contribution in [0.2, 0.25) is 18.1 Å². The molecule has 5 nitrogen and oxygen atoms in total. The van der Waals surface area contributed by atoms with Crippen LogP contribution in [0.1, 0.15) is 62.3 Å². The van der Waals surface area contributed by atoms with Crippen molar-refractivity contribution in [3.8, 4) is 0 Å². The van der Waals surface area contributed by atoms with E-state index in [0.29, 0.717) is 12.6 Å². The smallest absolute Gasteiger partial charge is 0.410 e. The summed E-state index contributed by atoms with van der Waals surface area (Å²) in [7, 11) is -0.173. The Balaban J connectivity index is 5.24. The zero-order valence-electron chi connectivity index (χ0n) is 18.6. The normalized spacial score (nSPS) is 15.9. The molecular formula is C19H42N2O3Si. The molecule has 0 rings (SSSR count). The summed E-state index contributed by atoms with van der Waals surface area (Å²) < 4.78 is 12.1. The topological polar surface area (TPSA) is 50.8 Å². The zero-order chi connectivity index (χ0) is 20.2. The minimum atomic E-state index is -1.95. The molecule has 0 aliphatic rings. The summed E-state index contributed by atoms with van der Waals surface area (Å²) in [6.45, 7) is 23.7. The molecule has 0 saturated carbocycles. The van der Waals surface area contributed by atoms with Gasteiger partial charge in [0.1, 0.15) is 5.60 Å². The van der Waals surface area contributed by atoms with Crippen LogP contribution in [-0.2, 0) is 9.16 Å².